The number of ether oxygens (including phenoxy) is 1. The van der Waals surface area contributed by atoms with Crippen LogP contribution in [0.15, 0.2) is 12.1 Å². The number of aryl methyl sites for hydroxylation is 2. The summed E-state index contributed by atoms with van der Waals surface area (Å²) < 4.78 is 6.56. The van der Waals surface area contributed by atoms with Gasteiger partial charge in [-0.15, -0.1) is 0 Å². The molecule has 1 amide bonds. The molecule has 0 unspecified atom stereocenters. The van der Waals surface area contributed by atoms with Crippen LogP contribution in [0.25, 0.3) is 10.2 Å². The Balaban J connectivity index is 1.73. The summed E-state index contributed by atoms with van der Waals surface area (Å²) >= 11 is 1.63. The molecule has 2 aromatic rings. The maximum absolute atomic E-state index is 12.7. The van der Waals surface area contributed by atoms with Crippen LogP contribution < -0.4 is 4.90 Å². The summed E-state index contributed by atoms with van der Waals surface area (Å²) in [4.78, 5) is 21.8. The Hall–Kier alpha value is -1.50. The van der Waals surface area contributed by atoms with Gasteiger partial charge in [0.25, 0.3) is 0 Å². The second-order valence-corrected chi connectivity index (χ2v) is 8.01. The minimum absolute atomic E-state index is 0.182. The molecular formula is C20H29N3O2S. The van der Waals surface area contributed by atoms with Crippen LogP contribution in [-0.4, -0.2) is 55.2 Å². The van der Waals surface area contributed by atoms with Gasteiger partial charge >= 0.3 is 0 Å². The first-order chi connectivity index (χ1) is 12.6. The van der Waals surface area contributed by atoms with Crippen LogP contribution in [0.2, 0.25) is 0 Å². The summed E-state index contributed by atoms with van der Waals surface area (Å²) in [6.07, 6.45) is 2.40. The fourth-order valence-electron chi connectivity index (χ4n) is 3.24. The van der Waals surface area contributed by atoms with Gasteiger partial charge in [0.15, 0.2) is 5.13 Å². The maximum atomic E-state index is 12.7. The molecule has 0 saturated carbocycles. The van der Waals surface area contributed by atoms with Crippen molar-refractivity contribution in [1.82, 2.24) is 9.88 Å². The summed E-state index contributed by atoms with van der Waals surface area (Å²) in [5, 5.41) is 0.838. The van der Waals surface area contributed by atoms with E-state index in [0.29, 0.717) is 6.42 Å². The smallest absolute Gasteiger partial charge is 0.228 e. The highest BCUT2D eigenvalue weighted by molar-refractivity contribution is 7.22. The molecule has 1 aliphatic heterocycles. The number of thiazole rings is 1. The zero-order valence-corrected chi connectivity index (χ0v) is 16.9. The van der Waals surface area contributed by atoms with Gasteiger partial charge in [-0.1, -0.05) is 18.3 Å². The Bertz CT molecular complexity index is 714. The highest BCUT2D eigenvalue weighted by atomic mass is 32.1. The lowest BCUT2D eigenvalue weighted by atomic mass is 10.1. The SMILES string of the molecule is CCCC(=O)N(CCCN1CCOCC1)c1nc2cc(C)c(C)cc2s1. The number of hydrogen-bond donors (Lipinski definition) is 0. The molecule has 26 heavy (non-hydrogen) atoms. The largest absolute Gasteiger partial charge is 0.379 e. The third-order valence-corrected chi connectivity index (χ3v) is 5.99. The number of rotatable bonds is 7. The number of morpholine rings is 1. The van der Waals surface area contributed by atoms with E-state index in [9.17, 15) is 4.79 Å². The molecular weight excluding hydrogens is 346 g/mol. The minimum Gasteiger partial charge on any atom is -0.379 e. The zero-order valence-electron chi connectivity index (χ0n) is 16.1. The van der Waals surface area contributed by atoms with Crippen LogP contribution in [-0.2, 0) is 9.53 Å². The summed E-state index contributed by atoms with van der Waals surface area (Å²) in [5.41, 5.74) is 3.51. The van der Waals surface area contributed by atoms with Crippen molar-refractivity contribution in [2.24, 2.45) is 0 Å². The number of anilines is 1. The number of carbonyl (C=O) groups is 1. The first kappa shape index (κ1) is 19.3. The third-order valence-electron chi connectivity index (χ3n) is 4.95. The average Bonchev–Trinajstić information content (AvgIpc) is 3.02. The number of amides is 1. The van der Waals surface area contributed by atoms with Crippen molar-refractivity contribution >= 4 is 32.6 Å². The molecule has 3 rings (SSSR count). The van der Waals surface area contributed by atoms with Crippen molar-refractivity contribution in [2.45, 2.75) is 40.0 Å². The van der Waals surface area contributed by atoms with Crippen LogP contribution in [0.4, 0.5) is 5.13 Å². The highest BCUT2D eigenvalue weighted by Crippen LogP contribution is 2.31. The second kappa shape index (κ2) is 8.93. The van der Waals surface area contributed by atoms with E-state index in [1.807, 2.05) is 4.90 Å². The van der Waals surface area contributed by atoms with Gasteiger partial charge in [-0.3, -0.25) is 14.6 Å². The first-order valence-corrected chi connectivity index (χ1v) is 10.4. The van der Waals surface area contributed by atoms with Crippen LogP contribution in [0.5, 0.6) is 0 Å². The highest BCUT2D eigenvalue weighted by Gasteiger charge is 2.20. The van der Waals surface area contributed by atoms with E-state index in [4.69, 9.17) is 9.72 Å². The fourth-order valence-corrected chi connectivity index (χ4v) is 4.33. The summed E-state index contributed by atoms with van der Waals surface area (Å²) in [6, 6.07) is 4.31. The van der Waals surface area contributed by atoms with Gasteiger partial charge < -0.3 is 4.74 Å². The summed E-state index contributed by atoms with van der Waals surface area (Å²) in [6.45, 7) is 11.6. The van der Waals surface area contributed by atoms with E-state index in [-0.39, 0.29) is 5.91 Å². The van der Waals surface area contributed by atoms with Gasteiger partial charge in [0.2, 0.25) is 5.91 Å². The van der Waals surface area contributed by atoms with Gasteiger partial charge in [0.05, 0.1) is 23.4 Å². The van der Waals surface area contributed by atoms with E-state index in [1.165, 1.54) is 11.1 Å². The van der Waals surface area contributed by atoms with Crippen LogP contribution in [0, 0.1) is 13.8 Å². The molecule has 0 spiro atoms. The molecule has 1 saturated heterocycles. The number of aromatic nitrogens is 1. The Morgan fingerprint density at radius 3 is 2.73 bits per heavy atom. The van der Waals surface area contributed by atoms with Crippen molar-refractivity contribution in [3.8, 4) is 0 Å². The Kier molecular flexibility index (Phi) is 6.62. The fraction of sp³-hybridized carbons (Fsp3) is 0.600. The number of fused-ring (bicyclic) bond motifs is 1. The Labute approximate surface area is 160 Å². The molecule has 1 aromatic carbocycles. The molecule has 6 heteroatoms. The second-order valence-electron chi connectivity index (χ2n) is 7.00. The minimum atomic E-state index is 0.182. The lowest BCUT2D eigenvalue weighted by Gasteiger charge is -2.27. The topological polar surface area (TPSA) is 45.7 Å². The molecule has 1 aromatic heterocycles. The van der Waals surface area contributed by atoms with E-state index in [0.717, 1.165) is 67.6 Å². The van der Waals surface area contributed by atoms with Crippen molar-refractivity contribution < 1.29 is 9.53 Å². The number of benzene rings is 1. The number of nitrogens with zero attached hydrogens (tertiary/aromatic N) is 3. The van der Waals surface area contributed by atoms with Crippen LogP contribution in [0.3, 0.4) is 0 Å². The van der Waals surface area contributed by atoms with Crippen molar-refractivity contribution in [1.29, 1.82) is 0 Å². The van der Waals surface area contributed by atoms with E-state index >= 15 is 0 Å². The van der Waals surface area contributed by atoms with Gasteiger partial charge in [0.1, 0.15) is 0 Å². The Morgan fingerprint density at radius 2 is 2.00 bits per heavy atom. The molecule has 142 valence electrons. The molecule has 0 radical (unpaired) electrons. The first-order valence-electron chi connectivity index (χ1n) is 9.56. The van der Waals surface area contributed by atoms with Crippen molar-refractivity contribution in [3.05, 3.63) is 23.3 Å². The molecule has 2 heterocycles. The molecule has 0 aliphatic carbocycles. The molecule has 1 fully saturated rings. The zero-order chi connectivity index (χ0) is 18.5. The van der Waals surface area contributed by atoms with Crippen LogP contribution >= 0.6 is 11.3 Å². The van der Waals surface area contributed by atoms with Gasteiger partial charge in [-0.25, -0.2) is 4.98 Å². The summed E-state index contributed by atoms with van der Waals surface area (Å²) in [7, 11) is 0. The maximum Gasteiger partial charge on any atom is 0.228 e. The number of hydrogen-bond acceptors (Lipinski definition) is 5. The third kappa shape index (κ3) is 4.61. The molecule has 0 bridgehead atoms. The average molecular weight is 376 g/mol. The molecule has 1 aliphatic rings. The Morgan fingerprint density at radius 1 is 1.27 bits per heavy atom. The van der Waals surface area contributed by atoms with Crippen molar-refractivity contribution in [3.63, 3.8) is 0 Å². The summed E-state index contributed by atoms with van der Waals surface area (Å²) in [5.74, 6) is 0.182. The lowest BCUT2D eigenvalue weighted by Crippen LogP contribution is -2.39. The van der Waals surface area contributed by atoms with Crippen molar-refractivity contribution in [2.75, 3.05) is 44.3 Å². The lowest BCUT2D eigenvalue weighted by molar-refractivity contribution is -0.118. The molecule has 5 nitrogen and oxygen atoms in total. The molecule has 0 atom stereocenters. The van der Waals surface area contributed by atoms with E-state index in [2.05, 4.69) is 37.8 Å². The van der Waals surface area contributed by atoms with Crippen LogP contribution in [0.1, 0.15) is 37.3 Å². The van der Waals surface area contributed by atoms with Gasteiger partial charge in [-0.05, 0) is 49.9 Å². The monoisotopic (exact) mass is 375 g/mol. The van der Waals surface area contributed by atoms with E-state index < -0.39 is 0 Å². The number of carbonyl (C=O) groups excluding carboxylic acids is 1. The van der Waals surface area contributed by atoms with Gasteiger partial charge in [0, 0.05) is 32.6 Å². The van der Waals surface area contributed by atoms with E-state index in [1.54, 1.807) is 11.3 Å². The standard InChI is InChI=1S/C20H29N3O2S/c1-4-6-19(24)23(8-5-7-22-9-11-25-12-10-22)20-21-17-13-15(2)16(3)14-18(17)26-20/h13-14H,4-12H2,1-3H3. The van der Waals surface area contributed by atoms with Gasteiger partial charge in [-0.2, -0.15) is 0 Å². The normalized spacial score (nSPS) is 15.5. The quantitative estimate of drug-likeness (QED) is 0.739. The predicted molar refractivity (Wildman–Crippen MR) is 108 cm³/mol. The molecule has 0 N–H and O–H groups in total. The predicted octanol–water partition coefficient (Wildman–Crippen LogP) is 3.77.